The van der Waals surface area contributed by atoms with Gasteiger partial charge in [-0.15, -0.1) is 0 Å². The number of rotatable bonds is 4. The first-order chi connectivity index (χ1) is 13.1. The maximum atomic E-state index is 13.4. The van der Waals surface area contributed by atoms with E-state index in [2.05, 4.69) is 62.4 Å². The van der Waals surface area contributed by atoms with Gasteiger partial charge in [0.15, 0.2) is 0 Å². The van der Waals surface area contributed by atoms with E-state index in [4.69, 9.17) is 0 Å². The Morgan fingerprint density at radius 2 is 1.11 bits per heavy atom. The van der Waals surface area contributed by atoms with Crippen molar-refractivity contribution in [1.82, 2.24) is 0 Å². The molecule has 2 nitrogen and oxygen atoms in total. The molecular formula is C24H27BiO2S. The van der Waals surface area contributed by atoms with E-state index in [-0.39, 0.29) is 0 Å². The van der Waals surface area contributed by atoms with Crippen molar-refractivity contribution >= 4 is 41.4 Å². The van der Waals surface area contributed by atoms with E-state index in [1.54, 1.807) is 26.8 Å². The van der Waals surface area contributed by atoms with Gasteiger partial charge in [-0.3, -0.25) is 0 Å². The molecule has 0 aromatic heterocycles. The molecule has 0 saturated heterocycles. The molecule has 0 heterocycles. The molecule has 0 atom stereocenters. The Labute approximate surface area is 177 Å². The molecule has 0 saturated carbocycles. The summed E-state index contributed by atoms with van der Waals surface area (Å²) in [6, 6.07) is 24.9. The Kier molecular flexibility index (Phi) is 6.12. The standard InChI is InChI=1S/C10H13O2S.2C7H7.Bi/c1-10(2,3)13(11,12)9-7-5-4-6-8-9;2*1-7-5-3-2-4-6-7;/h4-7H,1-3H3;2*3-6H,1H3;. The van der Waals surface area contributed by atoms with Crippen molar-refractivity contribution in [2.75, 3.05) is 0 Å². The van der Waals surface area contributed by atoms with Gasteiger partial charge >= 0.3 is 178 Å². The van der Waals surface area contributed by atoms with E-state index in [0.717, 1.165) is 3.27 Å². The van der Waals surface area contributed by atoms with E-state index in [1.165, 1.54) is 17.7 Å². The molecular weight excluding hydrogens is 561 g/mol. The van der Waals surface area contributed by atoms with Crippen LogP contribution in [0.15, 0.2) is 77.7 Å². The van der Waals surface area contributed by atoms with Crippen LogP contribution in [0.2, 0.25) is 0 Å². The summed E-state index contributed by atoms with van der Waals surface area (Å²) in [4.78, 5) is 0.501. The average molecular weight is 589 g/mol. The predicted molar refractivity (Wildman–Crippen MR) is 120 cm³/mol. The fraction of sp³-hybridized carbons (Fsp3) is 0.250. The van der Waals surface area contributed by atoms with Gasteiger partial charge in [0.05, 0.1) is 0 Å². The average Bonchev–Trinajstić information content (AvgIpc) is 2.64. The zero-order valence-corrected chi connectivity index (χ0v) is 21.4. The second kappa shape index (κ2) is 8.08. The van der Waals surface area contributed by atoms with Gasteiger partial charge in [0, 0.05) is 0 Å². The van der Waals surface area contributed by atoms with Crippen molar-refractivity contribution < 1.29 is 8.42 Å². The summed E-state index contributed by atoms with van der Waals surface area (Å²) in [5.74, 6) is 0. The van der Waals surface area contributed by atoms with E-state index in [0.29, 0.717) is 4.90 Å². The monoisotopic (exact) mass is 588 g/mol. The molecule has 28 heavy (non-hydrogen) atoms. The molecule has 4 heteroatoms. The van der Waals surface area contributed by atoms with Crippen molar-refractivity contribution in [3.05, 3.63) is 83.9 Å². The zero-order chi connectivity index (χ0) is 20.5. The van der Waals surface area contributed by atoms with Crippen molar-refractivity contribution in [2.24, 2.45) is 0 Å². The van der Waals surface area contributed by atoms with E-state index in [1.807, 2.05) is 18.2 Å². The summed E-state index contributed by atoms with van der Waals surface area (Å²) in [6.45, 7) is 9.50. The Hall–Kier alpha value is -1.51. The van der Waals surface area contributed by atoms with Crippen molar-refractivity contribution in [2.45, 2.75) is 44.3 Å². The van der Waals surface area contributed by atoms with Gasteiger partial charge in [0.2, 0.25) is 0 Å². The normalized spacial score (nSPS) is 12.4. The van der Waals surface area contributed by atoms with Gasteiger partial charge in [0.1, 0.15) is 0 Å². The van der Waals surface area contributed by atoms with Crippen LogP contribution in [0.1, 0.15) is 31.9 Å². The Bertz CT molecular complexity index is 1020. The third-order valence-electron chi connectivity index (χ3n) is 4.79. The van der Waals surface area contributed by atoms with Crippen LogP contribution in [-0.4, -0.2) is 34.9 Å². The number of benzene rings is 3. The Morgan fingerprint density at radius 3 is 1.54 bits per heavy atom. The molecule has 0 amide bonds. The van der Waals surface area contributed by atoms with Crippen LogP contribution in [-0.2, 0) is 9.84 Å². The van der Waals surface area contributed by atoms with Crippen molar-refractivity contribution in [3.8, 4) is 0 Å². The second-order valence-electron chi connectivity index (χ2n) is 8.09. The first-order valence-corrected chi connectivity index (χ1v) is 16.1. The number of hydrogen-bond donors (Lipinski definition) is 0. The van der Waals surface area contributed by atoms with Crippen molar-refractivity contribution in [1.29, 1.82) is 0 Å². The molecule has 0 N–H and O–H groups in total. The molecule has 0 aliphatic heterocycles. The van der Waals surface area contributed by atoms with Crippen LogP contribution in [0.3, 0.4) is 0 Å². The van der Waals surface area contributed by atoms with Gasteiger partial charge in [-0.2, -0.15) is 0 Å². The summed E-state index contributed by atoms with van der Waals surface area (Å²) in [5.41, 5.74) is 2.43. The summed E-state index contributed by atoms with van der Waals surface area (Å²) >= 11 is -2.78. The van der Waals surface area contributed by atoms with Crippen LogP contribution in [0.25, 0.3) is 0 Å². The van der Waals surface area contributed by atoms with Gasteiger partial charge in [-0.1, -0.05) is 0 Å². The van der Waals surface area contributed by atoms with Crippen LogP contribution in [0, 0.1) is 13.8 Å². The molecule has 3 aromatic carbocycles. The van der Waals surface area contributed by atoms with E-state index in [9.17, 15) is 8.42 Å². The molecule has 0 aliphatic rings. The van der Waals surface area contributed by atoms with Gasteiger partial charge in [0.25, 0.3) is 0 Å². The Balaban J connectivity index is 2.28. The number of hydrogen-bond acceptors (Lipinski definition) is 2. The fourth-order valence-corrected chi connectivity index (χ4v) is 15.3. The van der Waals surface area contributed by atoms with Crippen LogP contribution >= 0.6 is 0 Å². The van der Waals surface area contributed by atoms with Crippen LogP contribution in [0.4, 0.5) is 0 Å². The third-order valence-corrected chi connectivity index (χ3v) is 17.7. The van der Waals surface area contributed by atoms with Gasteiger partial charge in [-0.25, -0.2) is 0 Å². The summed E-state index contributed by atoms with van der Waals surface area (Å²) < 4.78 is 29.5. The molecule has 0 fully saturated rings. The molecule has 3 rings (SSSR count). The summed E-state index contributed by atoms with van der Waals surface area (Å²) in [5, 5.41) is 0. The SMILES string of the molecule is Cc1cc[c]([Bi]([c]2ccc(C)cc2)[c]2ccccc2S(=O)(=O)C(C)(C)C)cc1. The van der Waals surface area contributed by atoms with Crippen LogP contribution < -0.4 is 9.81 Å². The Morgan fingerprint density at radius 1 is 0.679 bits per heavy atom. The first kappa shape index (κ1) is 21.2. The first-order valence-electron chi connectivity index (χ1n) is 9.38. The van der Waals surface area contributed by atoms with Crippen molar-refractivity contribution in [3.63, 3.8) is 0 Å². The zero-order valence-electron chi connectivity index (χ0n) is 17.1. The fourth-order valence-electron chi connectivity index (χ4n) is 3.01. The maximum absolute atomic E-state index is 13.4. The summed E-state index contributed by atoms with van der Waals surface area (Å²) in [6.07, 6.45) is 0. The molecule has 0 unspecified atom stereocenters. The number of aryl methyl sites for hydroxylation is 2. The van der Waals surface area contributed by atoms with E-state index < -0.39 is 36.3 Å². The van der Waals surface area contributed by atoms with Gasteiger partial charge in [-0.05, 0) is 0 Å². The minimum absolute atomic E-state index is 0.501. The molecule has 0 spiro atoms. The molecule has 146 valence electrons. The third kappa shape index (κ3) is 4.24. The van der Waals surface area contributed by atoms with Crippen LogP contribution in [0.5, 0.6) is 0 Å². The van der Waals surface area contributed by atoms with E-state index >= 15 is 0 Å². The molecule has 0 aliphatic carbocycles. The molecule has 3 aromatic rings. The number of sulfone groups is 1. The minimum atomic E-state index is -3.43. The molecule has 0 radical (unpaired) electrons. The van der Waals surface area contributed by atoms with Gasteiger partial charge < -0.3 is 0 Å². The topological polar surface area (TPSA) is 34.1 Å². The molecule has 0 bridgehead atoms. The quantitative estimate of drug-likeness (QED) is 0.439. The summed E-state index contributed by atoms with van der Waals surface area (Å²) in [7, 11) is -3.43. The second-order valence-corrected chi connectivity index (χ2v) is 19.3. The predicted octanol–water partition coefficient (Wildman–Crippen LogP) is 3.39.